The van der Waals surface area contributed by atoms with Gasteiger partial charge < -0.3 is 9.84 Å². The number of hydrogen-bond donors (Lipinski definition) is 1. The van der Waals surface area contributed by atoms with Gasteiger partial charge in [0.05, 0.1) is 23.2 Å². The summed E-state index contributed by atoms with van der Waals surface area (Å²) in [5, 5.41) is 20.0. The molecule has 110 valence electrons. The second-order valence-corrected chi connectivity index (χ2v) is 4.85. The number of ether oxygens (including phenoxy) is 1. The van der Waals surface area contributed by atoms with Crippen LogP contribution in [0.25, 0.3) is 0 Å². The minimum absolute atomic E-state index is 0.0667. The van der Waals surface area contributed by atoms with E-state index in [1.807, 2.05) is 0 Å². The number of nitro groups is 1. The molecular weight excluding hydrogens is 294 g/mol. The molecule has 0 atom stereocenters. The standard InChI is InChI=1S/C15H14ClNO4/c16-14-9-12(10-18)3-6-15(14)21-8-7-11-1-4-13(5-2-11)17(19)20/h1-6,9,18H,7-8,10H2. The van der Waals surface area contributed by atoms with E-state index in [2.05, 4.69) is 0 Å². The van der Waals surface area contributed by atoms with Gasteiger partial charge in [-0.1, -0.05) is 29.8 Å². The van der Waals surface area contributed by atoms with Crippen LogP contribution in [0.1, 0.15) is 11.1 Å². The highest BCUT2D eigenvalue weighted by atomic mass is 35.5. The van der Waals surface area contributed by atoms with Gasteiger partial charge in [-0.25, -0.2) is 0 Å². The molecular formula is C15H14ClNO4. The highest BCUT2D eigenvalue weighted by Crippen LogP contribution is 2.25. The van der Waals surface area contributed by atoms with Gasteiger partial charge in [0.15, 0.2) is 0 Å². The van der Waals surface area contributed by atoms with Crippen LogP contribution < -0.4 is 4.74 Å². The Morgan fingerprint density at radius 2 is 1.81 bits per heavy atom. The van der Waals surface area contributed by atoms with E-state index in [-0.39, 0.29) is 12.3 Å². The Balaban J connectivity index is 1.90. The summed E-state index contributed by atoms with van der Waals surface area (Å²) in [6.07, 6.45) is 0.621. The minimum Gasteiger partial charge on any atom is -0.492 e. The summed E-state index contributed by atoms with van der Waals surface area (Å²) in [6.45, 7) is 0.346. The molecule has 1 N–H and O–H groups in total. The molecule has 0 saturated carbocycles. The Bertz CT molecular complexity index is 628. The summed E-state index contributed by atoms with van der Waals surface area (Å²) < 4.78 is 5.57. The molecule has 2 rings (SSSR count). The molecule has 2 aromatic rings. The number of halogens is 1. The number of nitro benzene ring substituents is 1. The van der Waals surface area contributed by atoms with E-state index in [0.29, 0.717) is 23.8 Å². The highest BCUT2D eigenvalue weighted by Gasteiger charge is 2.05. The lowest BCUT2D eigenvalue weighted by Gasteiger charge is -2.09. The maximum absolute atomic E-state index is 10.5. The first-order valence-corrected chi connectivity index (χ1v) is 6.73. The molecule has 0 fully saturated rings. The quantitative estimate of drug-likeness (QED) is 0.656. The van der Waals surface area contributed by atoms with Crippen molar-refractivity contribution in [3.8, 4) is 5.75 Å². The van der Waals surface area contributed by atoms with Gasteiger partial charge in [0.2, 0.25) is 0 Å². The van der Waals surface area contributed by atoms with E-state index < -0.39 is 4.92 Å². The molecule has 21 heavy (non-hydrogen) atoms. The van der Waals surface area contributed by atoms with E-state index in [0.717, 1.165) is 11.1 Å². The number of hydrogen-bond acceptors (Lipinski definition) is 4. The number of aliphatic hydroxyl groups excluding tert-OH is 1. The Kier molecular flexibility index (Phi) is 5.14. The maximum Gasteiger partial charge on any atom is 0.269 e. The van der Waals surface area contributed by atoms with E-state index in [4.69, 9.17) is 21.4 Å². The molecule has 0 unspecified atom stereocenters. The number of rotatable bonds is 6. The maximum atomic E-state index is 10.5. The van der Waals surface area contributed by atoms with E-state index in [1.54, 1.807) is 30.3 Å². The van der Waals surface area contributed by atoms with Crippen molar-refractivity contribution in [1.82, 2.24) is 0 Å². The Hall–Kier alpha value is -2.11. The molecule has 0 spiro atoms. The summed E-state index contributed by atoms with van der Waals surface area (Å²) in [6, 6.07) is 11.5. The Morgan fingerprint density at radius 1 is 1.14 bits per heavy atom. The average molecular weight is 308 g/mol. The minimum atomic E-state index is -0.428. The fourth-order valence-electron chi connectivity index (χ4n) is 1.82. The smallest absolute Gasteiger partial charge is 0.269 e. The monoisotopic (exact) mass is 307 g/mol. The van der Waals surface area contributed by atoms with Gasteiger partial charge in [0.25, 0.3) is 5.69 Å². The van der Waals surface area contributed by atoms with Gasteiger partial charge in [0, 0.05) is 18.6 Å². The normalized spacial score (nSPS) is 10.4. The van der Waals surface area contributed by atoms with Gasteiger partial charge in [-0.05, 0) is 23.3 Å². The van der Waals surface area contributed by atoms with Gasteiger partial charge in [0.1, 0.15) is 5.75 Å². The van der Waals surface area contributed by atoms with Gasteiger partial charge >= 0.3 is 0 Å². The van der Waals surface area contributed by atoms with Crippen LogP contribution >= 0.6 is 11.6 Å². The van der Waals surface area contributed by atoms with Crippen LogP contribution in [-0.4, -0.2) is 16.6 Å². The predicted octanol–water partition coefficient (Wildman–Crippen LogP) is 3.36. The van der Waals surface area contributed by atoms with Crippen LogP contribution in [0.2, 0.25) is 5.02 Å². The molecule has 0 saturated heterocycles. The second-order valence-electron chi connectivity index (χ2n) is 4.44. The van der Waals surface area contributed by atoms with E-state index >= 15 is 0 Å². The molecule has 0 aliphatic rings. The molecule has 0 aliphatic heterocycles. The molecule has 0 aliphatic carbocycles. The van der Waals surface area contributed by atoms with Crippen molar-refractivity contribution in [3.63, 3.8) is 0 Å². The van der Waals surface area contributed by atoms with Crippen LogP contribution in [0, 0.1) is 10.1 Å². The van der Waals surface area contributed by atoms with Gasteiger partial charge in [-0.15, -0.1) is 0 Å². The molecule has 2 aromatic carbocycles. The Morgan fingerprint density at radius 3 is 2.38 bits per heavy atom. The van der Waals surface area contributed by atoms with Crippen LogP contribution in [-0.2, 0) is 13.0 Å². The van der Waals surface area contributed by atoms with Crippen molar-refractivity contribution in [3.05, 3.63) is 68.7 Å². The fraction of sp³-hybridized carbons (Fsp3) is 0.200. The zero-order valence-electron chi connectivity index (χ0n) is 11.2. The second kappa shape index (κ2) is 7.06. The van der Waals surface area contributed by atoms with Crippen molar-refractivity contribution in [2.24, 2.45) is 0 Å². The third kappa shape index (κ3) is 4.18. The number of benzene rings is 2. The van der Waals surface area contributed by atoms with Crippen LogP contribution in [0.3, 0.4) is 0 Å². The molecule has 0 amide bonds. The predicted molar refractivity (Wildman–Crippen MR) is 79.7 cm³/mol. The highest BCUT2D eigenvalue weighted by molar-refractivity contribution is 6.32. The average Bonchev–Trinajstić information content (AvgIpc) is 2.49. The van der Waals surface area contributed by atoms with Crippen molar-refractivity contribution >= 4 is 17.3 Å². The van der Waals surface area contributed by atoms with Crippen LogP contribution in [0.5, 0.6) is 5.75 Å². The molecule has 0 radical (unpaired) electrons. The first-order chi connectivity index (χ1) is 10.1. The van der Waals surface area contributed by atoms with Crippen molar-refractivity contribution in [1.29, 1.82) is 0 Å². The summed E-state index contributed by atoms with van der Waals surface area (Å²) in [4.78, 5) is 10.1. The first-order valence-electron chi connectivity index (χ1n) is 6.35. The lowest BCUT2D eigenvalue weighted by Crippen LogP contribution is -2.02. The lowest BCUT2D eigenvalue weighted by molar-refractivity contribution is -0.384. The van der Waals surface area contributed by atoms with E-state index in [9.17, 15) is 10.1 Å². The third-order valence-electron chi connectivity index (χ3n) is 2.97. The molecule has 0 bridgehead atoms. The zero-order chi connectivity index (χ0) is 15.2. The first kappa shape index (κ1) is 15.3. The molecule has 0 heterocycles. The van der Waals surface area contributed by atoms with Crippen molar-refractivity contribution in [2.75, 3.05) is 6.61 Å². The van der Waals surface area contributed by atoms with Gasteiger partial charge in [-0.2, -0.15) is 0 Å². The van der Waals surface area contributed by atoms with Crippen molar-refractivity contribution in [2.45, 2.75) is 13.0 Å². The molecule has 5 nitrogen and oxygen atoms in total. The zero-order valence-corrected chi connectivity index (χ0v) is 11.9. The molecule has 0 aromatic heterocycles. The summed E-state index contributed by atoms with van der Waals surface area (Å²) >= 11 is 6.03. The summed E-state index contributed by atoms with van der Waals surface area (Å²) in [7, 11) is 0. The largest absolute Gasteiger partial charge is 0.492 e. The number of nitrogens with zero attached hydrogens (tertiary/aromatic N) is 1. The topological polar surface area (TPSA) is 72.6 Å². The number of aliphatic hydroxyl groups is 1. The Labute approximate surface area is 126 Å². The summed E-state index contributed by atoms with van der Waals surface area (Å²) in [5.74, 6) is 0.552. The van der Waals surface area contributed by atoms with Crippen LogP contribution in [0.4, 0.5) is 5.69 Å². The lowest BCUT2D eigenvalue weighted by atomic mass is 10.1. The van der Waals surface area contributed by atoms with Gasteiger partial charge in [-0.3, -0.25) is 10.1 Å². The fourth-order valence-corrected chi connectivity index (χ4v) is 2.08. The van der Waals surface area contributed by atoms with Crippen LogP contribution in [0.15, 0.2) is 42.5 Å². The SMILES string of the molecule is O=[N+]([O-])c1ccc(CCOc2ccc(CO)cc2Cl)cc1. The summed E-state index contributed by atoms with van der Waals surface area (Å²) in [5.41, 5.74) is 1.74. The molecule has 6 heteroatoms. The third-order valence-corrected chi connectivity index (χ3v) is 3.27. The number of non-ortho nitro benzene ring substituents is 1. The van der Waals surface area contributed by atoms with Crippen molar-refractivity contribution < 1.29 is 14.8 Å². The van der Waals surface area contributed by atoms with E-state index in [1.165, 1.54) is 12.1 Å².